The highest BCUT2D eigenvalue weighted by atomic mass is 15.0. The topological polar surface area (TPSA) is 105 Å². The molecule has 1 aromatic carbocycles. The van der Waals surface area contributed by atoms with E-state index in [2.05, 4.69) is 9.97 Å². The van der Waals surface area contributed by atoms with Crippen molar-refractivity contribution in [1.29, 1.82) is 5.41 Å². The molecule has 6 N–H and O–H groups in total. The Morgan fingerprint density at radius 1 is 1.27 bits per heavy atom. The zero-order valence-corrected chi connectivity index (χ0v) is 7.99. The van der Waals surface area contributed by atoms with E-state index in [1.165, 1.54) is 0 Å². The molecular formula is C10H11N5. The molecule has 2 rings (SSSR count). The lowest BCUT2D eigenvalue weighted by Gasteiger charge is -2.00. The molecule has 15 heavy (non-hydrogen) atoms. The second-order valence-electron chi connectivity index (χ2n) is 3.17. The number of nitrogen functional groups attached to an aromatic ring is 2. The number of hydrogen-bond acceptors (Lipinski definition) is 3. The lowest BCUT2D eigenvalue weighted by Crippen LogP contribution is -2.10. The molecule has 5 heteroatoms. The number of benzene rings is 1. The number of aromatic nitrogens is 2. The summed E-state index contributed by atoms with van der Waals surface area (Å²) in [5.74, 6) is 0.450. The van der Waals surface area contributed by atoms with E-state index in [1.807, 2.05) is 12.1 Å². The van der Waals surface area contributed by atoms with Gasteiger partial charge in [-0.05, 0) is 5.56 Å². The zero-order valence-electron chi connectivity index (χ0n) is 7.99. The van der Waals surface area contributed by atoms with Gasteiger partial charge in [-0.15, -0.1) is 0 Å². The van der Waals surface area contributed by atoms with E-state index < -0.39 is 0 Å². The van der Waals surface area contributed by atoms with Gasteiger partial charge >= 0.3 is 0 Å². The van der Waals surface area contributed by atoms with Gasteiger partial charge in [0.25, 0.3) is 0 Å². The first kappa shape index (κ1) is 9.26. The van der Waals surface area contributed by atoms with Crippen molar-refractivity contribution in [2.75, 3.05) is 5.73 Å². The highest BCUT2D eigenvalue weighted by Crippen LogP contribution is 2.17. The molecule has 0 radical (unpaired) electrons. The number of nitrogens with two attached hydrogens (primary N) is 2. The molecule has 0 bridgehead atoms. The predicted molar refractivity (Wildman–Crippen MR) is 59.5 cm³/mol. The summed E-state index contributed by atoms with van der Waals surface area (Å²) >= 11 is 0. The van der Waals surface area contributed by atoms with E-state index in [-0.39, 0.29) is 5.84 Å². The van der Waals surface area contributed by atoms with Crippen molar-refractivity contribution in [3.05, 3.63) is 36.0 Å². The minimum Gasteiger partial charge on any atom is -0.384 e. The van der Waals surface area contributed by atoms with Gasteiger partial charge in [0.15, 0.2) is 5.95 Å². The average Bonchev–Trinajstić information content (AvgIpc) is 2.65. The van der Waals surface area contributed by atoms with Crippen molar-refractivity contribution in [3.63, 3.8) is 0 Å². The summed E-state index contributed by atoms with van der Waals surface area (Å²) in [6, 6.07) is 7.30. The minimum absolute atomic E-state index is 0.0608. The number of amidine groups is 1. The second kappa shape index (κ2) is 3.45. The molecule has 0 saturated carbocycles. The van der Waals surface area contributed by atoms with Crippen LogP contribution in [0.4, 0.5) is 5.95 Å². The van der Waals surface area contributed by atoms with Crippen molar-refractivity contribution < 1.29 is 0 Å². The van der Waals surface area contributed by atoms with Crippen LogP contribution >= 0.6 is 0 Å². The van der Waals surface area contributed by atoms with Gasteiger partial charge in [0.1, 0.15) is 5.84 Å². The smallest absolute Gasteiger partial charge is 0.197 e. The molecule has 0 unspecified atom stereocenters. The summed E-state index contributed by atoms with van der Waals surface area (Å²) in [6.45, 7) is 0. The number of anilines is 1. The van der Waals surface area contributed by atoms with Crippen LogP contribution in [0.2, 0.25) is 0 Å². The molecule has 76 valence electrons. The van der Waals surface area contributed by atoms with Crippen LogP contribution in [0.1, 0.15) is 5.56 Å². The number of aromatic amines is 1. The van der Waals surface area contributed by atoms with Crippen molar-refractivity contribution in [2.24, 2.45) is 5.73 Å². The van der Waals surface area contributed by atoms with Crippen LogP contribution in [0, 0.1) is 5.41 Å². The van der Waals surface area contributed by atoms with E-state index in [0.29, 0.717) is 11.5 Å². The second-order valence-corrected chi connectivity index (χ2v) is 3.17. The first-order valence-electron chi connectivity index (χ1n) is 4.42. The SMILES string of the molecule is N=C(N)c1ccc(-c2cnc(N)[nH]2)cc1. The summed E-state index contributed by atoms with van der Waals surface area (Å²) in [6.07, 6.45) is 1.66. The van der Waals surface area contributed by atoms with Gasteiger partial charge < -0.3 is 16.5 Å². The molecule has 0 spiro atoms. The molecule has 0 aliphatic rings. The first-order valence-corrected chi connectivity index (χ1v) is 4.42. The predicted octanol–water partition coefficient (Wildman–Crippen LogP) is 0.943. The highest BCUT2D eigenvalue weighted by molar-refractivity contribution is 5.95. The maximum absolute atomic E-state index is 7.25. The van der Waals surface area contributed by atoms with Crippen LogP contribution < -0.4 is 11.5 Å². The van der Waals surface area contributed by atoms with Gasteiger partial charge in [0.2, 0.25) is 0 Å². The lowest BCUT2D eigenvalue weighted by atomic mass is 10.1. The van der Waals surface area contributed by atoms with Gasteiger partial charge in [-0.2, -0.15) is 0 Å². The molecule has 1 aromatic heterocycles. The van der Waals surface area contributed by atoms with Gasteiger partial charge in [0.05, 0.1) is 11.9 Å². The Hall–Kier alpha value is -2.30. The zero-order chi connectivity index (χ0) is 10.8. The Balaban J connectivity index is 2.35. The molecule has 0 aliphatic heterocycles. The Bertz CT molecular complexity index is 483. The van der Waals surface area contributed by atoms with Crippen LogP contribution in [-0.4, -0.2) is 15.8 Å². The van der Waals surface area contributed by atoms with Crippen LogP contribution in [0.15, 0.2) is 30.5 Å². The maximum atomic E-state index is 7.25. The van der Waals surface area contributed by atoms with Crippen LogP contribution in [-0.2, 0) is 0 Å². The van der Waals surface area contributed by atoms with Gasteiger partial charge in [-0.1, -0.05) is 24.3 Å². The van der Waals surface area contributed by atoms with E-state index >= 15 is 0 Å². The van der Waals surface area contributed by atoms with E-state index in [1.54, 1.807) is 18.3 Å². The van der Waals surface area contributed by atoms with Crippen molar-refractivity contribution in [2.45, 2.75) is 0 Å². The molecular weight excluding hydrogens is 190 g/mol. The van der Waals surface area contributed by atoms with Gasteiger partial charge in [-0.25, -0.2) is 4.98 Å². The Morgan fingerprint density at radius 3 is 2.40 bits per heavy atom. The molecule has 0 fully saturated rings. The van der Waals surface area contributed by atoms with E-state index in [9.17, 15) is 0 Å². The number of nitrogens with zero attached hydrogens (tertiary/aromatic N) is 1. The fraction of sp³-hybridized carbons (Fsp3) is 0. The van der Waals surface area contributed by atoms with Crippen LogP contribution in [0.25, 0.3) is 11.3 Å². The van der Waals surface area contributed by atoms with Crippen molar-refractivity contribution in [1.82, 2.24) is 9.97 Å². The quantitative estimate of drug-likeness (QED) is 0.429. The van der Waals surface area contributed by atoms with Crippen molar-refractivity contribution >= 4 is 11.8 Å². The number of imidazole rings is 1. The fourth-order valence-corrected chi connectivity index (χ4v) is 1.31. The Morgan fingerprint density at radius 2 is 1.93 bits per heavy atom. The Labute approximate surface area is 86.6 Å². The maximum Gasteiger partial charge on any atom is 0.197 e. The summed E-state index contributed by atoms with van der Waals surface area (Å²) in [5.41, 5.74) is 13.3. The number of hydrogen-bond donors (Lipinski definition) is 4. The molecule has 5 nitrogen and oxygen atoms in total. The highest BCUT2D eigenvalue weighted by Gasteiger charge is 2.01. The molecule has 2 aromatic rings. The first-order chi connectivity index (χ1) is 7.16. The Kier molecular flexibility index (Phi) is 2.13. The molecule has 0 atom stereocenters. The van der Waals surface area contributed by atoms with Gasteiger partial charge in [0, 0.05) is 5.56 Å². The lowest BCUT2D eigenvalue weighted by molar-refractivity contribution is 1.32. The summed E-state index contributed by atoms with van der Waals surface area (Å²) in [7, 11) is 0. The number of H-pyrrole nitrogens is 1. The molecule has 1 heterocycles. The van der Waals surface area contributed by atoms with Crippen LogP contribution in [0.3, 0.4) is 0 Å². The third-order valence-electron chi connectivity index (χ3n) is 2.10. The van der Waals surface area contributed by atoms with Crippen molar-refractivity contribution in [3.8, 4) is 11.3 Å². The minimum atomic E-state index is 0.0608. The average molecular weight is 201 g/mol. The summed E-state index contributed by atoms with van der Waals surface area (Å²) < 4.78 is 0. The normalized spacial score (nSPS) is 10.1. The van der Waals surface area contributed by atoms with E-state index in [0.717, 1.165) is 11.3 Å². The third kappa shape index (κ3) is 1.80. The molecule has 0 saturated heterocycles. The third-order valence-corrected chi connectivity index (χ3v) is 2.10. The summed E-state index contributed by atoms with van der Waals surface area (Å²) in [4.78, 5) is 6.83. The van der Waals surface area contributed by atoms with E-state index in [4.69, 9.17) is 16.9 Å². The van der Waals surface area contributed by atoms with Gasteiger partial charge in [-0.3, -0.25) is 5.41 Å². The standard InChI is InChI=1S/C10H11N5/c11-9(12)7-3-1-6(2-4-7)8-5-14-10(13)15-8/h1-5H,(H3,11,12)(H3,13,14,15). The monoisotopic (exact) mass is 201 g/mol. The molecule has 0 aliphatic carbocycles. The largest absolute Gasteiger partial charge is 0.384 e. The molecule has 0 amide bonds. The summed E-state index contributed by atoms with van der Waals surface area (Å²) in [5, 5.41) is 7.25. The number of nitrogens with one attached hydrogen (secondary N) is 2. The number of rotatable bonds is 2. The van der Waals surface area contributed by atoms with Crippen LogP contribution in [0.5, 0.6) is 0 Å². The fourth-order valence-electron chi connectivity index (χ4n) is 1.31.